The van der Waals surface area contributed by atoms with Crippen molar-refractivity contribution in [2.75, 3.05) is 27.2 Å². The first-order chi connectivity index (χ1) is 13.6. The highest BCUT2D eigenvalue weighted by Gasteiger charge is 2.38. The van der Waals surface area contributed by atoms with Crippen LogP contribution in [0, 0.1) is 18.3 Å². The number of likely N-dealkylation sites (tertiary alicyclic amines) is 1. The Hall–Kier alpha value is -1.99. The fraction of sp³-hybridized carbons (Fsp3) is 0.625. The van der Waals surface area contributed by atoms with Crippen LogP contribution in [0.1, 0.15) is 62.6 Å². The van der Waals surface area contributed by atoms with Gasteiger partial charge in [-0.25, -0.2) is 0 Å². The van der Waals surface area contributed by atoms with Gasteiger partial charge >= 0.3 is 0 Å². The number of hydrogen-bond donors (Lipinski definition) is 0. The van der Waals surface area contributed by atoms with Crippen LogP contribution in [0.15, 0.2) is 18.2 Å². The van der Waals surface area contributed by atoms with Gasteiger partial charge in [-0.2, -0.15) is 0 Å². The van der Waals surface area contributed by atoms with Crippen molar-refractivity contribution in [2.24, 2.45) is 5.92 Å². The van der Waals surface area contributed by atoms with E-state index in [1.165, 1.54) is 24.0 Å². The van der Waals surface area contributed by atoms with Crippen molar-refractivity contribution < 1.29 is 9.53 Å². The van der Waals surface area contributed by atoms with Crippen LogP contribution >= 0.6 is 0 Å². The van der Waals surface area contributed by atoms with Crippen LogP contribution < -0.4 is 4.74 Å². The minimum atomic E-state index is -0.152. The maximum absolute atomic E-state index is 12.8. The van der Waals surface area contributed by atoms with Crippen molar-refractivity contribution in [1.82, 2.24) is 9.80 Å². The number of piperidine rings is 1. The molecule has 1 fully saturated rings. The van der Waals surface area contributed by atoms with Crippen LogP contribution in [-0.2, 0) is 11.2 Å². The molecule has 2 heterocycles. The number of terminal acetylenes is 1. The third-order valence-electron chi connectivity index (χ3n) is 6.54. The zero-order chi connectivity index (χ0) is 20.1. The highest BCUT2D eigenvalue weighted by Crippen LogP contribution is 2.41. The number of carbonyl (C=O) groups excluding carboxylic acids is 1. The summed E-state index contributed by atoms with van der Waals surface area (Å²) in [6, 6.07) is 6.59. The van der Waals surface area contributed by atoms with E-state index in [4.69, 9.17) is 11.2 Å². The van der Waals surface area contributed by atoms with E-state index in [2.05, 4.69) is 36.9 Å². The Morgan fingerprint density at radius 3 is 2.71 bits per heavy atom. The number of amides is 1. The lowest BCUT2D eigenvalue weighted by Gasteiger charge is -2.44. The van der Waals surface area contributed by atoms with Crippen LogP contribution in [0.4, 0.5) is 0 Å². The maximum Gasteiger partial charge on any atom is 0.298 e. The predicted octanol–water partition coefficient (Wildman–Crippen LogP) is 4.04. The first-order valence-corrected chi connectivity index (χ1v) is 10.7. The highest BCUT2D eigenvalue weighted by atomic mass is 16.5. The molecule has 2 aliphatic heterocycles. The van der Waals surface area contributed by atoms with E-state index in [-0.39, 0.29) is 18.0 Å². The molecule has 0 bridgehead atoms. The smallest absolute Gasteiger partial charge is 0.298 e. The van der Waals surface area contributed by atoms with Gasteiger partial charge in [0.15, 0.2) is 0 Å². The monoisotopic (exact) mass is 382 g/mol. The predicted molar refractivity (Wildman–Crippen MR) is 113 cm³/mol. The average molecular weight is 383 g/mol. The van der Waals surface area contributed by atoms with Crippen LogP contribution in [0.5, 0.6) is 5.75 Å². The highest BCUT2D eigenvalue weighted by molar-refractivity contribution is 5.93. The molecule has 0 unspecified atom stereocenters. The Kier molecular flexibility index (Phi) is 7.02. The number of benzene rings is 1. The Bertz CT molecular complexity index is 716. The van der Waals surface area contributed by atoms with Crippen molar-refractivity contribution >= 4 is 5.91 Å². The number of hydrogen-bond acceptors (Lipinski definition) is 3. The Morgan fingerprint density at radius 2 is 2.07 bits per heavy atom. The van der Waals surface area contributed by atoms with E-state index in [0.717, 1.165) is 50.9 Å². The van der Waals surface area contributed by atoms with Crippen molar-refractivity contribution in [3.05, 3.63) is 29.3 Å². The molecule has 4 heteroatoms. The van der Waals surface area contributed by atoms with Crippen molar-refractivity contribution in [1.29, 1.82) is 0 Å². The molecule has 0 aliphatic carbocycles. The Labute approximate surface area is 170 Å². The molecule has 1 saturated heterocycles. The summed E-state index contributed by atoms with van der Waals surface area (Å²) in [6.45, 7) is 4.47. The number of rotatable bonds is 6. The summed E-state index contributed by atoms with van der Waals surface area (Å²) in [4.78, 5) is 17.3. The van der Waals surface area contributed by atoms with E-state index in [0.29, 0.717) is 5.92 Å². The van der Waals surface area contributed by atoms with Gasteiger partial charge < -0.3 is 14.5 Å². The Balaban J connectivity index is 1.94. The first kappa shape index (κ1) is 20.7. The average Bonchev–Trinajstić information content (AvgIpc) is 2.72. The molecule has 0 aromatic heterocycles. The SMILES string of the molecule is C#CC(=O)N1[C@@H](CCCC)Cc2cc(OC)ccc2[C@@H]1CC1CCN(C)CC1. The molecule has 0 radical (unpaired) electrons. The molecule has 0 saturated carbocycles. The largest absolute Gasteiger partial charge is 0.497 e. The minimum absolute atomic E-state index is 0.0773. The number of carbonyl (C=O) groups is 1. The van der Waals surface area contributed by atoms with Crippen LogP contribution in [0.3, 0.4) is 0 Å². The fourth-order valence-corrected chi connectivity index (χ4v) is 4.88. The van der Waals surface area contributed by atoms with Gasteiger partial charge in [-0.15, -0.1) is 6.42 Å². The molecule has 1 amide bonds. The van der Waals surface area contributed by atoms with Gasteiger partial charge in [0.25, 0.3) is 5.91 Å². The molecule has 28 heavy (non-hydrogen) atoms. The second-order valence-electron chi connectivity index (χ2n) is 8.42. The lowest BCUT2D eigenvalue weighted by molar-refractivity contribution is -0.131. The number of nitrogens with zero attached hydrogens (tertiary/aromatic N) is 2. The van der Waals surface area contributed by atoms with Crippen molar-refractivity contribution in [3.8, 4) is 18.1 Å². The molecule has 152 valence electrons. The number of methoxy groups -OCH3 is 1. The van der Waals surface area contributed by atoms with Gasteiger partial charge in [0.05, 0.1) is 13.2 Å². The molecular formula is C24H34N2O2. The van der Waals surface area contributed by atoms with Gasteiger partial charge in [-0.05, 0) is 87.3 Å². The molecule has 4 nitrogen and oxygen atoms in total. The number of fused-ring (bicyclic) bond motifs is 1. The number of unbranched alkanes of at least 4 members (excludes halogenated alkanes) is 1. The maximum atomic E-state index is 12.8. The van der Waals surface area contributed by atoms with Crippen LogP contribution in [-0.4, -0.2) is 49.0 Å². The van der Waals surface area contributed by atoms with Gasteiger partial charge in [-0.1, -0.05) is 25.8 Å². The summed E-state index contributed by atoms with van der Waals surface area (Å²) in [5, 5.41) is 0. The first-order valence-electron chi connectivity index (χ1n) is 10.7. The fourth-order valence-electron chi connectivity index (χ4n) is 4.88. The second kappa shape index (κ2) is 9.47. The third-order valence-corrected chi connectivity index (χ3v) is 6.54. The van der Waals surface area contributed by atoms with E-state index in [9.17, 15) is 4.79 Å². The van der Waals surface area contributed by atoms with Gasteiger partial charge in [0, 0.05) is 6.04 Å². The summed E-state index contributed by atoms with van der Waals surface area (Å²) in [7, 11) is 3.90. The topological polar surface area (TPSA) is 32.8 Å². The molecular weight excluding hydrogens is 348 g/mol. The van der Waals surface area contributed by atoms with E-state index in [1.807, 2.05) is 11.0 Å². The summed E-state index contributed by atoms with van der Waals surface area (Å²) in [5.41, 5.74) is 2.58. The molecule has 2 atom stereocenters. The molecule has 0 N–H and O–H groups in total. The van der Waals surface area contributed by atoms with Crippen LogP contribution in [0.25, 0.3) is 0 Å². The minimum Gasteiger partial charge on any atom is -0.497 e. The molecule has 0 spiro atoms. The van der Waals surface area contributed by atoms with Crippen molar-refractivity contribution in [3.63, 3.8) is 0 Å². The molecule has 1 aromatic carbocycles. The normalized spacial score (nSPS) is 23.1. The Morgan fingerprint density at radius 1 is 1.32 bits per heavy atom. The molecule has 3 rings (SSSR count). The molecule has 1 aromatic rings. The zero-order valence-corrected chi connectivity index (χ0v) is 17.6. The van der Waals surface area contributed by atoms with Crippen molar-refractivity contribution in [2.45, 2.75) is 64.0 Å². The van der Waals surface area contributed by atoms with E-state index in [1.54, 1.807) is 7.11 Å². The van der Waals surface area contributed by atoms with Gasteiger partial charge in [0.1, 0.15) is 5.75 Å². The van der Waals surface area contributed by atoms with Gasteiger partial charge in [-0.3, -0.25) is 4.79 Å². The number of ether oxygens (including phenoxy) is 1. The van der Waals surface area contributed by atoms with Crippen LogP contribution in [0.2, 0.25) is 0 Å². The second-order valence-corrected chi connectivity index (χ2v) is 8.42. The quantitative estimate of drug-likeness (QED) is 0.696. The standard InChI is InChI=1S/C24H34N2O2/c1-5-7-8-20-16-19-17-21(28-4)9-10-22(19)23(26(20)24(27)6-2)15-18-11-13-25(3)14-12-18/h2,9-10,17-18,20,23H,5,7-8,11-16H2,1,3-4H3/t20-,23-/m0/s1. The summed E-state index contributed by atoms with van der Waals surface area (Å²) >= 11 is 0. The zero-order valence-electron chi connectivity index (χ0n) is 17.6. The molecule has 2 aliphatic rings. The summed E-state index contributed by atoms with van der Waals surface area (Å²) in [6.07, 6.45) is 13.1. The summed E-state index contributed by atoms with van der Waals surface area (Å²) < 4.78 is 5.47. The van der Waals surface area contributed by atoms with E-state index < -0.39 is 0 Å². The lowest BCUT2D eigenvalue weighted by Crippen LogP contribution is -2.48. The van der Waals surface area contributed by atoms with Gasteiger partial charge in [0.2, 0.25) is 0 Å². The third kappa shape index (κ3) is 4.52. The lowest BCUT2D eigenvalue weighted by atomic mass is 9.80. The van der Waals surface area contributed by atoms with E-state index >= 15 is 0 Å². The summed E-state index contributed by atoms with van der Waals surface area (Å²) in [5.74, 6) is 3.80.